The van der Waals surface area contributed by atoms with Crippen molar-refractivity contribution in [1.29, 1.82) is 0 Å². The second-order valence-electron chi connectivity index (χ2n) is 6.40. The molecule has 7 nitrogen and oxygen atoms in total. The fourth-order valence-corrected chi connectivity index (χ4v) is 3.66. The molecule has 1 spiro atoms. The Hall–Kier alpha value is -2.57. The molecule has 1 heterocycles. The highest BCUT2D eigenvalue weighted by Gasteiger charge is 2.43. The zero-order valence-electron chi connectivity index (χ0n) is 14.2. The van der Waals surface area contributed by atoms with E-state index >= 15 is 0 Å². The van der Waals surface area contributed by atoms with E-state index in [1.807, 2.05) is 24.0 Å². The summed E-state index contributed by atoms with van der Waals surface area (Å²) < 4.78 is 0. The molecule has 1 amide bonds. The number of guanidine groups is 2. The summed E-state index contributed by atoms with van der Waals surface area (Å²) in [6, 6.07) is 5.57. The van der Waals surface area contributed by atoms with E-state index in [2.05, 4.69) is 15.3 Å². The second kappa shape index (κ2) is 6.14. The van der Waals surface area contributed by atoms with Gasteiger partial charge in [-0.15, -0.1) is 0 Å². The van der Waals surface area contributed by atoms with Gasteiger partial charge in [0, 0.05) is 18.3 Å². The van der Waals surface area contributed by atoms with Gasteiger partial charge in [0.15, 0.2) is 0 Å². The van der Waals surface area contributed by atoms with Crippen LogP contribution < -0.4 is 21.7 Å². The summed E-state index contributed by atoms with van der Waals surface area (Å²) in [5.74, 6) is 0.491. The van der Waals surface area contributed by atoms with Gasteiger partial charge in [-0.25, -0.2) is 4.99 Å². The van der Waals surface area contributed by atoms with Crippen LogP contribution in [0.5, 0.6) is 0 Å². The lowest BCUT2D eigenvalue weighted by Crippen LogP contribution is -2.58. The average Bonchev–Trinajstić information content (AvgIpc) is 2.55. The van der Waals surface area contributed by atoms with Crippen LogP contribution in [0.1, 0.15) is 48.0 Å². The molecular formula is C17H24N6O. The van der Waals surface area contributed by atoms with Crippen LogP contribution in [-0.2, 0) is 0 Å². The van der Waals surface area contributed by atoms with E-state index in [1.165, 1.54) is 6.42 Å². The lowest BCUT2D eigenvalue weighted by Gasteiger charge is -2.46. The molecule has 1 fully saturated rings. The van der Waals surface area contributed by atoms with Crippen molar-refractivity contribution in [2.45, 2.75) is 44.7 Å². The molecule has 0 unspecified atom stereocenters. The molecule has 0 aromatic heterocycles. The Balaban J connectivity index is 2.05. The minimum absolute atomic E-state index is 0.112. The molecule has 5 N–H and O–H groups in total. The summed E-state index contributed by atoms with van der Waals surface area (Å²) in [5.41, 5.74) is 14.2. The second-order valence-corrected chi connectivity index (χ2v) is 6.40. The van der Waals surface area contributed by atoms with Gasteiger partial charge in [-0.2, -0.15) is 4.99 Å². The number of hydrogen-bond acceptors (Lipinski definition) is 6. The van der Waals surface area contributed by atoms with Crippen molar-refractivity contribution < 1.29 is 4.79 Å². The van der Waals surface area contributed by atoms with E-state index < -0.39 is 5.66 Å². The van der Waals surface area contributed by atoms with Crippen LogP contribution in [0.15, 0.2) is 28.2 Å². The molecular weight excluding hydrogens is 304 g/mol. The third-order valence-electron chi connectivity index (χ3n) is 4.78. The van der Waals surface area contributed by atoms with Gasteiger partial charge in [0.05, 0.1) is 0 Å². The molecule has 0 bridgehead atoms. The molecule has 1 saturated carbocycles. The van der Waals surface area contributed by atoms with Crippen molar-refractivity contribution in [3.8, 4) is 0 Å². The first kappa shape index (κ1) is 16.3. The van der Waals surface area contributed by atoms with Crippen LogP contribution in [0.3, 0.4) is 0 Å². The minimum Gasteiger partial charge on any atom is -0.369 e. The summed E-state index contributed by atoms with van der Waals surface area (Å²) >= 11 is 0. The Labute approximate surface area is 141 Å². The SMILES string of the molecule is CNC(=O)c1ccc(N2C(N)=NC(N)=NC23CCCCC3)c(C)c1. The first-order valence-corrected chi connectivity index (χ1v) is 8.29. The molecule has 3 rings (SSSR count). The van der Waals surface area contributed by atoms with E-state index in [1.54, 1.807) is 13.1 Å². The summed E-state index contributed by atoms with van der Waals surface area (Å²) in [5, 5.41) is 2.64. The quantitative estimate of drug-likeness (QED) is 0.763. The lowest BCUT2D eigenvalue weighted by molar-refractivity contribution is 0.0963. The molecule has 1 aromatic rings. The van der Waals surface area contributed by atoms with Gasteiger partial charge in [-0.3, -0.25) is 9.69 Å². The summed E-state index contributed by atoms with van der Waals surface area (Å²) in [6.45, 7) is 1.97. The van der Waals surface area contributed by atoms with Crippen molar-refractivity contribution in [2.24, 2.45) is 21.5 Å². The Morgan fingerprint density at radius 3 is 2.58 bits per heavy atom. The van der Waals surface area contributed by atoms with Gasteiger partial charge >= 0.3 is 0 Å². The standard InChI is InChI=1S/C17H24N6O/c1-11-10-12(14(24)20-2)6-7-13(11)23-16(19)21-15(18)22-17(23)8-4-3-5-9-17/h6-7,10H,3-5,8-9H2,1-2H3,(H,20,24)(H4,18,19,21,22). The van der Waals surface area contributed by atoms with Crippen molar-refractivity contribution in [2.75, 3.05) is 11.9 Å². The number of nitrogens with one attached hydrogen (secondary N) is 1. The summed E-state index contributed by atoms with van der Waals surface area (Å²) in [7, 11) is 1.62. The number of anilines is 1. The smallest absolute Gasteiger partial charge is 0.251 e. The summed E-state index contributed by atoms with van der Waals surface area (Å²) in [4.78, 5) is 22.7. The van der Waals surface area contributed by atoms with E-state index in [9.17, 15) is 4.79 Å². The predicted octanol–water partition coefficient (Wildman–Crippen LogP) is 1.46. The topological polar surface area (TPSA) is 109 Å². The zero-order chi connectivity index (χ0) is 17.3. The van der Waals surface area contributed by atoms with Crippen LogP contribution in [0.25, 0.3) is 0 Å². The molecule has 24 heavy (non-hydrogen) atoms. The average molecular weight is 328 g/mol. The predicted molar refractivity (Wildman–Crippen MR) is 96.1 cm³/mol. The van der Waals surface area contributed by atoms with Crippen LogP contribution in [0.2, 0.25) is 0 Å². The number of carbonyl (C=O) groups is 1. The fraction of sp³-hybridized carbons (Fsp3) is 0.471. The maximum Gasteiger partial charge on any atom is 0.251 e. The Morgan fingerprint density at radius 2 is 1.96 bits per heavy atom. The van der Waals surface area contributed by atoms with E-state index in [0.29, 0.717) is 11.5 Å². The molecule has 1 aliphatic heterocycles. The Kier molecular flexibility index (Phi) is 4.17. The number of carbonyl (C=O) groups excluding carboxylic acids is 1. The monoisotopic (exact) mass is 328 g/mol. The molecule has 7 heteroatoms. The lowest BCUT2D eigenvalue weighted by atomic mass is 9.87. The van der Waals surface area contributed by atoms with E-state index in [-0.39, 0.29) is 11.9 Å². The van der Waals surface area contributed by atoms with Crippen LogP contribution in [0.4, 0.5) is 5.69 Å². The van der Waals surface area contributed by atoms with Crippen molar-refractivity contribution in [3.63, 3.8) is 0 Å². The number of aryl methyl sites for hydroxylation is 1. The van der Waals surface area contributed by atoms with Crippen molar-refractivity contribution >= 4 is 23.5 Å². The highest BCUT2D eigenvalue weighted by molar-refractivity contribution is 6.06. The highest BCUT2D eigenvalue weighted by atomic mass is 16.1. The number of hydrogen-bond donors (Lipinski definition) is 3. The molecule has 0 radical (unpaired) electrons. The number of nitrogens with two attached hydrogens (primary N) is 2. The molecule has 128 valence electrons. The van der Waals surface area contributed by atoms with Gasteiger partial charge in [-0.05, 0) is 56.4 Å². The highest BCUT2D eigenvalue weighted by Crippen LogP contribution is 2.40. The van der Waals surface area contributed by atoms with Gasteiger partial charge in [0.2, 0.25) is 11.9 Å². The number of rotatable bonds is 2. The van der Waals surface area contributed by atoms with E-state index in [0.717, 1.165) is 36.9 Å². The third-order valence-corrected chi connectivity index (χ3v) is 4.78. The normalized spacial score (nSPS) is 19.7. The fourth-order valence-electron chi connectivity index (χ4n) is 3.66. The van der Waals surface area contributed by atoms with E-state index in [4.69, 9.17) is 11.5 Å². The molecule has 0 atom stereocenters. The largest absolute Gasteiger partial charge is 0.369 e. The third kappa shape index (κ3) is 2.70. The Bertz CT molecular complexity index is 718. The van der Waals surface area contributed by atoms with Gasteiger partial charge in [-0.1, -0.05) is 6.42 Å². The van der Waals surface area contributed by atoms with Crippen molar-refractivity contribution in [3.05, 3.63) is 29.3 Å². The molecule has 2 aliphatic rings. The first-order valence-electron chi connectivity index (χ1n) is 8.29. The first-order chi connectivity index (χ1) is 11.5. The van der Waals surface area contributed by atoms with Crippen LogP contribution in [0, 0.1) is 6.92 Å². The molecule has 1 aromatic carbocycles. The number of benzene rings is 1. The van der Waals surface area contributed by atoms with Crippen molar-refractivity contribution in [1.82, 2.24) is 5.32 Å². The number of amides is 1. The van der Waals surface area contributed by atoms with Gasteiger partial charge in [0.1, 0.15) is 5.66 Å². The van der Waals surface area contributed by atoms with Crippen LogP contribution in [-0.4, -0.2) is 30.5 Å². The maximum absolute atomic E-state index is 11.8. The molecule has 0 saturated heterocycles. The van der Waals surface area contributed by atoms with Gasteiger partial charge in [0.25, 0.3) is 5.91 Å². The maximum atomic E-state index is 11.8. The van der Waals surface area contributed by atoms with Crippen LogP contribution >= 0.6 is 0 Å². The van der Waals surface area contributed by atoms with Gasteiger partial charge < -0.3 is 16.8 Å². The Morgan fingerprint density at radius 1 is 1.25 bits per heavy atom. The minimum atomic E-state index is -0.465. The molecule has 1 aliphatic carbocycles. The number of nitrogens with zero attached hydrogens (tertiary/aromatic N) is 3. The zero-order valence-corrected chi connectivity index (χ0v) is 14.2. The number of aliphatic imine (C=N–C) groups is 2. The summed E-state index contributed by atoms with van der Waals surface area (Å²) in [6.07, 6.45) is 5.13.